The molecule has 0 bridgehead atoms. The lowest BCUT2D eigenvalue weighted by atomic mass is 10.1. The first-order chi connectivity index (χ1) is 9.09. The van der Waals surface area contributed by atoms with E-state index < -0.39 is 17.7 Å². The van der Waals surface area contributed by atoms with E-state index in [0.717, 1.165) is 0 Å². The Bertz CT molecular complexity index is 558. The Kier molecular flexibility index (Phi) is 4.12. The van der Waals surface area contributed by atoms with E-state index in [1.807, 2.05) is 18.2 Å². The van der Waals surface area contributed by atoms with Crippen molar-refractivity contribution in [3.8, 4) is 5.75 Å². The van der Waals surface area contributed by atoms with E-state index in [1.165, 1.54) is 19.1 Å². The number of halogens is 2. The van der Waals surface area contributed by atoms with Gasteiger partial charge in [-0.1, -0.05) is 30.3 Å². The van der Waals surface area contributed by atoms with Crippen molar-refractivity contribution >= 4 is 0 Å². The van der Waals surface area contributed by atoms with Crippen LogP contribution in [-0.4, -0.2) is 6.61 Å². The maximum Gasteiger partial charge on any atom is 0.163 e. The molecular formula is C15H15F2NO. The molecule has 2 nitrogen and oxygen atoms in total. The highest BCUT2D eigenvalue weighted by molar-refractivity contribution is 5.28. The summed E-state index contributed by atoms with van der Waals surface area (Å²) in [5, 5.41) is 0. The predicted molar refractivity (Wildman–Crippen MR) is 70.0 cm³/mol. The molecule has 2 rings (SSSR count). The second-order valence-corrected chi connectivity index (χ2v) is 4.33. The van der Waals surface area contributed by atoms with Gasteiger partial charge in [-0.3, -0.25) is 0 Å². The van der Waals surface area contributed by atoms with Gasteiger partial charge < -0.3 is 10.5 Å². The molecule has 1 unspecified atom stereocenters. The molecule has 0 aliphatic heterocycles. The van der Waals surface area contributed by atoms with Crippen LogP contribution in [0.4, 0.5) is 8.78 Å². The second kappa shape index (κ2) is 5.80. The van der Waals surface area contributed by atoms with Crippen LogP contribution in [-0.2, 0) is 0 Å². The fraction of sp³-hybridized carbons (Fsp3) is 0.200. The first-order valence-electron chi connectivity index (χ1n) is 5.97. The van der Waals surface area contributed by atoms with E-state index in [2.05, 4.69) is 0 Å². The third-order valence-corrected chi connectivity index (χ3v) is 2.88. The van der Waals surface area contributed by atoms with E-state index in [-0.39, 0.29) is 17.7 Å². The summed E-state index contributed by atoms with van der Waals surface area (Å²) in [7, 11) is 0. The fourth-order valence-corrected chi connectivity index (χ4v) is 1.74. The van der Waals surface area contributed by atoms with Crippen LogP contribution in [0.15, 0.2) is 42.5 Å². The van der Waals surface area contributed by atoms with Crippen LogP contribution < -0.4 is 10.5 Å². The van der Waals surface area contributed by atoms with Crippen molar-refractivity contribution in [1.29, 1.82) is 0 Å². The van der Waals surface area contributed by atoms with Gasteiger partial charge in [0.05, 0.1) is 6.04 Å². The molecule has 0 saturated heterocycles. The normalized spacial score (nSPS) is 12.2. The maximum absolute atomic E-state index is 13.7. The van der Waals surface area contributed by atoms with Crippen molar-refractivity contribution in [3.05, 3.63) is 65.2 Å². The van der Waals surface area contributed by atoms with Gasteiger partial charge in [-0.05, 0) is 24.6 Å². The molecule has 2 aromatic rings. The number of hydrogen-bond acceptors (Lipinski definition) is 2. The Morgan fingerprint density at radius 1 is 1.05 bits per heavy atom. The largest absolute Gasteiger partial charge is 0.492 e. The van der Waals surface area contributed by atoms with Crippen LogP contribution in [0, 0.1) is 18.6 Å². The summed E-state index contributed by atoms with van der Waals surface area (Å²) in [5.41, 5.74) is 6.22. The molecule has 2 aromatic carbocycles. The van der Waals surface area contributed by atoms with Crippen LogP contribution in [0.5, 0.6) is 5.75 Å². The van der Waals surface area contributed by atoms with Crippen LogP contribution >= 0.6 is 0 Å². The van der Waals surface area contributed by atoms with E-state index in [9.17, 15) is 8.78 Å². The predicted octanol–water partition coefficient (Wildman–Crippen LogP) is 3.35. The van der Waals surface area contributed by atoms with Gasteiger partial charge in [-0.25, -0.2) is 8.78 Å². The number of para-hydroxylation sites is 1. The highest BCUT2D eigenvalue weighted by atomic mass is 19.2. The number of aryl methyl sites for hydroxylation is 1. The number of rotatable bonds is 4. The summed E-state index contributed by atoms with van der Waals surface area (Å²) < 4.78 is 32.6. The zero-order valence-electron chi connectivity index (χ0n) is 10.6. The Labute approximate surface area is 110 Å². The van der Waals surface area contributed by atoms with Crippen molar-refractivity contribution in [3.63, 3.8) is 0 Å². The Morgan fingerprint density at radius 2 is 1.74 bits per heavy atom. The van der Waals surface area contributed by atoms with E-state index >= 15 is 0 Å². The highest BCUT2D eigenvalue weighted by Gasteiger charge is 2.17. The fourth-order valence-electron chi connectivity index (χ4n) is 1.74. The first-order valence-corrected chi connectivity index (χ1v) is 5.97. The summed E-state index contributed by atoms with van der Waals surface area (Å²) in [5.74, 6) is -1.11. The highest BCUT2D eigenvalue weighted by Crippen LogP contribution is 2.21. The molecule has 0 saturated carbocycles. The van der Waals surface area contributed by atoms with Gasteiger partial charge in [-0.2, -0.15) is 0 Å². The average Bonchev–Trinajstić information content (AvgIpc) is 2.43. The van der Waals surface area contributed by atoms with Gasteiger partial charge in [0.1, 0.15) is 12.4 Å². The topological polar surface area (TPSA) is 35.2 Å². The molecule has 0 aliphatic carbocycles. The Hall–Kier alpha value is -1.94. The quantitative estimate of drug-likeness (QED) is 0.918. The van der Waals surface area contributed by atoms with Gasteiger partial charge in [-0.15, -0.1) is 0 Å². The van der Waals surface area contributed by atoms with E-state index in [1.54, 1.807) is 12.1 Å². The molecule has 19 heavy (non-hydrogen) atoms. The lowest BCUT2D eigenvalue weighted by Gasteiger charge is -2.15. The van der Waals surface area contributed by atoms with Crippen molar-refractivity contribution < 1.29 is 13.5 Å². The van der Waals surface area contributed by atoms with Crippen molar-refractivity contribution in [1.82, 2.24) is 0 Å². The molecule has 0 heterocycles. The zero-order valence-corrected chi connectivity index (χ0v) is 10.6. The summed E-state index contributed by atoms with van der Waals surface area (Å²) in [6.45, 7) is 1.59. The number of benzene rings is 2. The summed E-state index contributed by atoms with van der Waals surface area (Å²) in [6.07, 6.45) is 0. The van der Waals surface area contributed by atoms with Crippen molar-refractivity contribution in [2.24, 2.45) is 5.73 Å². The lowest BCUT2D eigenvalue weighted by molar-refractivity contribution is 0.286. The molecule has 0 amide bonds. The minimum atomic E-state index is -0.899. The first kappa shape index (κ1) is 13.5. The van der Waals surface area contributed by atoms with Gasteiger partial charge in [0.2, 0.25) is 0 Å². The van der Waals surface area contributed by atoms with Crippen LogP contribution in [0.25, 0.3) is 0 Å². The van der Waals surface area contributed by atoms with Crippen LogP contribution in [0.1, 0.15) is 17.2 Å². The molecule has 0 aromatic heterocycles. The average molecular weight is 263 g/mol. The second-order valence-electron chi connectivity index (χ2n) is 4.33. The molecular weight excluding hydrogens is 248 g/mol. The summed E-state index contributed by atoms with van der Waals surface area (Å²) in [4.78, 5) is 0. The zero-order chi connectivity index (χ0) is 13.8. The SMILES string of the molecule is Cc1ccc(C(N)COc2ccccc2)c(F)c1F. The minimum Gasteiger partial charge on any atom is -0.492 e. The number of hydrogen-bond donors (Lipinski definition) is 1. The van der Waals surface area contributed by atoms with Gasteiger partial charge in [0, 0.05) is 5.56 Å². The molecule has 0 radical (unpaired) electrons. The smallest absolute Gasteiger partial charge is 0.163 e. The molecule has 1 atom stereocenters. The minimum absolute atomic E-state index is 0.0867. The summed E-state index contributed by atoms with van der Waals surface area (Å²) >= 11 is 0. The van der Waals surface area contributed by atoms with Crippen molar-refractivity contribution in [2.75, 3.05) is 6.61 Å². The number of ether oxygens (including phenoxy) is 1. The van der Waals surface area contributed by atoms with Gasteiger partial charge in [0.25, 0.3) is 0 Å². The number of nitrogens with two attached hydrogens (primary N) is 1. The van der Waals surface area contributed by atoms with E-state index in [0.29, 0.717) is 5.75 Å². The van der Waals surface area contributed by atoms with Gasteiger partial charge in [0.15, 0.2) is 11.6 Å². The maximum atomic E-state index is 13.7. The molecule has 2 N–H and O–H groups in total. The Balaban J connectivity index is 2.08. The van der Waals surface area contributed by atoms with Crippen molar-refractivity contribution in [2.45, 2.75) is 13.0 Å². The Morgan fingerprint density at radius 3 is 2.42 bits per heavy atom. The monoisotopic (exact) mass is 263 g/mol. The third-order valence-electron chi connectivity index (χ3n) is 2.88. The third kappa shape index (κ3) is 3.09. The summed E-state index contributed by atoms with van der Waals surface area (Å²) in [6, 6.07) is 11.4. The van der Waals surface area contributed by atoms with Crippen LogP contribution in [0.2, 0.25) is 0 Å². The van der Waals surface area contributed by atoms with E-state index in [4.69, 9.17) is 10.5 Å². The lowest BCUT2D eigenvalue weighted by Crippen LogP contribution is -2.21. The molecule has 0 spiro atoms. The van der Waals surface area contributed by atoms with Crippen LogP contribution in [0.3, 0.4) is 0 Å². The molecule has 100 valence electrons. The standard InChI is InChI=1S/C15H15F2NO/c1-10-7-8-12(15(17)14(10)16)13(18)9-19-11-5-3-2-4-6-11/h2-8,13H,9,18H2,1H3. The molecule has 4 heteroatoms. The molecule has 0 aliphatic rings. The molecule has 0 fully saturated rings. The van der Waals surface area contributed by atoms with Gasteiger partial charge >= 0.3 is 0 Å².